The Balaban J connectivity index is 1.57. The number of rotatable bonds is 4. The number of carbonyl (C=O) groups is 1. The maximum atomic E-state index is 13.0. The molecule has 128 valence electrons. The van der Waals surface area contributed by atoms with Crippen LogP contribution in [-0.4, -0.2) is 35.9 Å². The lowest BCUT2D eigenvalue weighted by Crippen LogP contribution is -2.38. The minimum atomic E-state index is -0.194. The van der Waals surface area contributed by atoms with Gasteiger partial charge in [-0.25, -0.2) is 9.37 Å². The minimum absolute atomic E-state index is 0.0896. The lowest BCUT2D eigenvalue weighted by atomic mass is 9.90. The molecule has 4 nitrogen and oxygen atoms in total. The van der Waals surface area contributed by atoms with Crippen LogP contribution < -0.4 is 5.32 Å². The number of anilines is 1. The van der Waals surface area contributed by atoms with Gasteiger partial charge in [-0.05, 0) is 49.8 Å². The zero-order chi connectivity index (χ0) is 17.1. The van der Waals surface area contributed by atoms with Crippen LogP contribution in [0.1, 0.15) is 33.8 Å². The number of likely N-dealkylation sites (tertiary alicyclic amines) is 1. The van der Waals surface area contributed by atoms with Crippen LogP contribution in [0.5, 0.6) is 0 Å². The molecule has 1 aromatic heterocycles. The average molecular weight is 347 g/mol. The summed E-state index contributed by atoms with van der Waals surface area (Å²) < 4.78 is 13.0. The lowest BCUT2D eigenvalue weighted by Gasteiger charge is -2.32. The highest BCUT2D eigenvalue weighted by Gasteiger charge is 2.26. The first-order valence-electron chi connectivity index (χ1n) is 8.25. The second kappa shape index (κ2) is 7.30. The Morgan fingerprint density at radius 3 is 2.58 bits per heavy atom. The second-order valence-electron chi connectivity index (χ2n) is 6.25. The smallest absolute Gasteiger partial charge is 0.265 e. The third kappa shape index (κ3) is 3.75. The number of hydrogen-bond donors (Lipinski definition) is 1. The summed E-state index contributed by atoms with van der Waals surface area (Å²) in [7, 11) is 1.81. The maximum absolute atomic E-state index is 13.0. The molecule has 1 fully saturated rings. The van der Waals surface area contributed by atoms with Crippen LogP contribution in [0.3, 0.4) is 0 Å². The van der Waals surface area contributed by atoms with E-state index in [9.17, 15) is 9.18 Å². The summed E-state index contributed by atoms with van der Waals surface area (Å²) in [6.45, 7) is 3.43. The topological polar surface area (TPSA) is 45.2 Å². The molecule has 0 saturated carbocycles. The van der Waals surface area contributed by atoms with Crippen LogP contribution in [-0.2, 0) is 6.42 Å². The molecule has 1 amide bonds. The molecule has 1 N–H and O–H groups in total. The molecule has 0 spiro atoms. The van der Waals surface area contributed by atoms with E-state index in [1.807, 2.05) is 31.0 Å². The fourth-order valence-corrected chi connectivity index (χ4v) is 4.03. The monoisotopic (exact) mass is 347 g/mol. The van der Waals surface area contributed by atoms with Crippen molar-refractivity contribution >= 4 is 22.4 Å². The van der Waals surface area contributed by atoms with Crippen LogP contribution >= 0.6 is 11.3 Å². The molecule has 0 radical (unpaired) electrons. The van der Waals surface area contributed by atoms with Gasteiger partial charge in [0.15, 0.2) is 5.13 Å². The molecular weight excluding hydrogens is 325 g/mol. The predicted molar refractivity (Wildman–Crippen MR) is 95.1 cm³/mol. The first kappa shape index (κ1) is 16.9. The molecule has 0 aliphatic carbocycles. The van der Waals surface area contributed by atoms with E-state index >= 15 is 0 Å². The Labute approximate surface area is 145 Å². The molecule has 0 unspecified atom stereocenters. The van der Waals surface area contributed by atoms with E-state index in [1.54, 1.807) is 0 Å². The Morgan fingerprint density at radius 2 is 2.00 bits per heavy atom. The molecular formula is C18H22FN3OS. The highest BCUT2D eigenvalue weighted by molar-refractivity contribution is 7.17. The molecule has 0 atom stereocenters. The van der Waals surface area contributed by atoms with E-state index in [0.29, 0.717) is 5.92 Å². The van der Waals surface area contributed by atoms with Crippen molar-refractivity contribution < 1.29 is 9.18 Å². The van der Waals surface area contributed by atoms with Gasteiger partial charge in [-0.15, -0.1) is 0 Å². The van der Waals surface area contributed by atoms with Gasteiger partial charge < -0.3 is 10.2 Å². The first-order valence-corrected chi connectivity index (χ1v) is 9.07. The van der Waals surface area contributed by atoms with Gasteiger partial charge >= 0.3 is 0 Å². The fraction of sp³-hybridized carbons (Fsp3) is 0.444. The Kier molecular flexibility index (Phi) is 5.14. The third-order valence-corrected chi connectivity index (χ3v) is 5.71. The van der Waals surface area contributed by atoms with Crippen molar-refractivity contribution in [3.05, 3.63) is 46.2 Å². The number of aromatic nitrogens is 1. The molecule has 24 heavy (non-hydrogen) atoms. The minimum Gasteiger partial charge on any atom is -0.365 e. The quantitative estimate of drug-likeness (QED) is 0.917. The van der Waals surface area contributed by atoms with Gasteiger partial charge in [-0.1, -0.05) is 23.5 Å². The highest BCUT2D eigenvalue weighted by atomic mass is 32.1. The summed E-state index contributed by atoms with van der Waals surface area (Å²) in [5.74, 6) is 0.446. The van der Waals surface area contributed by atoms with Gasteiger partial charge in [0.25, 0.3) is 5.91 Å². The predicted octanol–water partition coefficient (Wildman–Crippen LogP) is 3.73. The summed E-state index contributed by atoms with van der Waals surface area (Å²) in [6, 6.07) is 6.74. The number of aryl methyl sites for hydroxylation is 1. The van der Waals surface area contributed by atoms with Crippen molar-refractivity contribution in [3.63, 3.8) is 0 Å². The second-order valence-corrected chi connectivity index (χ2v) is 7.25. The summed E-state index contributed by atoms with van der Waals surface area (Å²) >= 11 is 1.42. The SMILES string of the molecule is CNc1nc(C)c(C(=O)N2CCC(Cc3ccc(F)cc3)CC2)s1. The number of thiazole rings is 1. The molecule has 1 saturated heterocycles. The molecule has 6 heteroatoms. The molecule has 3 rings (SSSR count). The van der Waals surface area contributed by atoms with Gasteiger partial charge in [0.2, 0.25) is 0 Å². The summed E-state index contributed by atoms with van der Waals surface area (Å²) in [5.41, 5.74) is 1.96. The van der Waals surface area contributed by atoms with Gasteiger partial charge in [0, 0.05) is 20.1 Å². The van der Waals surface area contributed by atoms with Crippen LogP contribution in [0.25, 0.3) is 0 Å². The maximum Gasteiger partial charge on any atom is 0.265 e. The summed E-state index contributed by atoms with van der Waals surface area (Å²) in [6.07, 6.45) is 2.92. The number of halogens is 1. The van der Waals surface area contributed by atoms with Crippen LogP contribution in [0.15, 0.2) is 24.3 Å². The number of amides is 1. The Morgan fingerprint density at radius 1 is 1.33 bits per heavy atom. The van der Waals surface area contributed by atoms with Crippen molar-refractivity contribution in [1.82, 2.24) is 9.88 Å². The molecule has 1 aliphatic rings. The fourth-order valence-electron chi connectivity index (χ4n) is 3.14. The van der Waals surface area contributed by atoms with E-state index in [1.165, 1.54) is 23.5 Å². The molecule has 0 bridgehead atoms. The number of carbonyl (C=O) groups excluding carboxylic acids is 1. The zero-order valence-electron chi connectivity index (χ0n) is 14.0. The Hall–Kier alpha value is -1.95. The number of piperidine rings is 1. The average Bonchev–Trinajstić information content (AvgIpc) is 2.98. The largest absolute Gasteiger partial charge is 0.365 e. The van der Waals surface area contributed by atoms with E-state index in [4.69, 9.17) is 0 Å². The number of benzene rings is 1. The van der Waals surface area contributed by atoms with Gasteiger partial charge in [-0.3, -0.25) is 4.79 Å². The molecule has 1 aliphatic heterocycles. The van der Waals surface area contributed by atoms with E-state index in [-0.39, 0.29) is 11.7 Å². The van der Waals surface area contributed by atoms with Crippen molar-refractivity contribution in [1.29, 1.82) is 0 Å². The Bertz CT molecular complexity index is 706. The van der Waals surface area contributed by atoms with Crippen LogP contribution in [0.4, 0.5) is 9.52 Å². The third-order valence-electron chi connectivity index (χ3n) is 4.54. The van der Waals surface area contributed by atoms with E-state index < -0.39 is 0 Å². The molecule has 2 aromatic rings. The number of hydrogen-bond acceptors (Lipinski definition) is 4. The normalized spacial score (nSPS) is 15.5. The standard InChI is InChI=1S/C18H22FN3OS/c1-12-16(24-18(20-2)21-12)17(23)22-9-7-14(8-10-22)11-13-3-5-15(19)6-4-13/h3-6,14H,7-11H2,1-2H3,(H,20,21). The number of nitrogens with zero attached hydrogens (tertiary/aromatic N) is 2. The van der Waals surface area contributed by atoms with Crippen LogP contribution in [0, 0.1) is 18.7 Å². The van der Waals surface area contributed by atoms with E-state index in [2.05, 4.69) is 10.3 Å². The highest BCUT2D eigenvalue weighted by Crippen LogP contribution is 2.27. The summed E-state index contributed by atoms with van der Waals surface area (Å²) in [5, 5.41) is 3.77. The van der Waals surface area contributed by atoms with Crippen LogP contribution in [0.2, 0.25) is 0 Å². The molecule has 1 aromatic carbocycles. The van der Waals surface area contributed by atoms with Crippen molar-refractivity contribution in [2.75, 3.05) is 25.5 Å². The lowest BCUT2D eigenvalue weighted by molar-refractivity contribution is 0.0694. The van der Waals surface area contributed by atoms with Crippen molar-refractivity contribution in [3.8, 4) is 0 Å². The number of nitrogens with one attached hydrogen (secondary N) is 1. The van der Waals surface area contributed by atoms with Crippen molar-refractivity contribution in [2.24, 2.45) is 5.92 Å². The van der Waals surface area contributed by atoms with E-state index in [0.717, 1.165) is 53.6 Å². The first-order chi connectivity index (χ1) is 11.6. The summed E-state index contributed by atoms with van der Waals surface area (Å²) in [4.78, 5) is 19.7. The van der Waals surface area contributed by atoms with Crippen molar-refractivity contribution in [2.45, 2.75) is 26.2 Å². The van der Waals surface area contributed by atoms with Gasteiger partial charge in [0.05, 0.1) is 5.69 Å². The van der Waals surface area contributed by atoms with Gasteiger partial charge in [0.1, 0.15) is 10.7 Å². The zero-order valence-corrected chi connectivity index (χ0v) is 14.8. The van der Waals surface area contributed by atoms with Gasteiger partial charge in [-0.2, -0.15) is 0 Å². The molecule has 2 heterocycles.